The van der Waals surface area contributed by atoms with Gasteiger partial charge in [-0.15, -0.1) is 0 Å². The summed E-state index contributed by atoms with van der Waals surface area (Å²) in [6, 6.07) is 6.33. The van der Waals surface area contributed by atoms with Gasteiger partial charge in [-0.2, -0.15) is 15.2 Å². The number of methoxy groups -OCH3 is 1. The highest BCUT2D eigenvalue weighted by atomic mass is 32.2. The van der Waals surface area contributed by atoms with Crippen molar-refractivity contribution in [3.63, 3.8) is 0 Å². The van der Waals surface area contributed by atoms with Crippen LogP contribution in [0.15, 0.2) is 23.4 Å². The highest BCUT2D eigenvalue weighted by Crippen LogP contribution is 2.39. The molecule has 1 N–H and O–H groups in total. The predicted octanol–water partition coefficient (Wildman–Crippen LogP) is 2.75. The number of benzene rings is 1. The van der Waals surface area contributed by atoms with Gasteiger partial charge in [-0.1, -0.05) is 11.8 Å². The number of carbonyl (C=O) groups is 1. The van der Waals surface area contributed by atoms with Gasteiger partial charge in [-0.3, -0.25) is 14.9 Å². The molecule has 0 saturated heterocycles. The molecular formula is C17H17N5O6S. The van der Waals surface area contributed by atoms with E-state index in [-0.39, 0.29) is 47.1 Å². The summed E-state index contributed by atoms with van der Waals surface area (Å²) in [7, 11) is 1.39. The van der Waals surface area contributed by atoms with Crippen LogP contribution in [0.25, 0.3) is 0 Å². The van der Waals surface area contributed by atoms with E-state index in [1.807, 2.05) is 6.07 Å². The van der Waals surface area contributed by atoms with Crippen LogP contribution >= 0.6 is 11.8 Å². The van der Waals surface area contributed by atoms with Gasteiger partial charge in [0.2, 0.25) is 5.82 Å². The molecule has 29 heavy (non-hydrogen) atoms. The minimum absolute atomic E-state index is 0.0664. The van der Waals surface area contributed by atoms with Gasteiger partial charge in [0.05, 0.1) is 30.3 Å². The van der Waals surface area contributed by atoms with Crippen LogP contribution in [0.4, 0.5) is 11.5 Å². The number of thioether (sulfide) groups is 1. The van der Waals surface area contributed by atoms with Gasteiger partial charge >= 0.3 is 17.5 Å². The Balaban J connectivity index is 2.51. The molecule has 0 amide bonds. The van der Waals surface area contributed by atoms with Crippen molar-refractivity contribution in [1.82, 2.24) is 9.97 Å². The Morgan fingerprint density at radius 2 is 2.14 bits per heavy atom. The van der Waals surface area contributed by atoms with Crippen molar-refractivity contribution in [2.75, 3.05) is 31.8 Å². The van der Waals surface area contributed by atoms with Crippen molar-refractivity contribution in [3.8, 4) is 23.4 Å². The van der Waals surface area contributed by atoms with Crippen LogP contribution in [0.5, 0.6) is 17.4 Å². The van der Waals surface area contributed by atoms with Crippen molar-refractivity contribution < 1.29 is 23.9 Å². The first-order valence-corrected chi connectivity index (χ1v) is 9.41. The van der Waals surface area contributed by atoms with E-state index >= 15 is 0 Å². The van der Waals surface area contributed by atoms with E-state index in [0.717, 1.165) is 11.8 Å². The zero-order valence-corrected chi connectivity index (χ0v) is 16.6. The first kappa shape index (κ1) is 21.7. The normalized spacial score (nSPS) is 10.0. The molecule has 12 heteroatoms. The van der Waals surface area contributed by atoms with Gasteiger partial charge in [0.15, 0.2) is 16.7 Å². The third-order valence-electron chi connectivity index (χ3n) is 3.40. The van der Waals surface area contributed by atoms with E-state index in [4.69, 9.17) is 19.5 Å². The van der Waals surface area contributed by atoms with Crippen molar-refractivity contribution in [2.45, 2.75) is 12.1 Å². The maximum atomic E-state index is 11.7. The van der Waals surface area contributed by atoms with Gasteiger partial charge in [0, 0.05) is 6.07 Å². The molecule has 0 atom stereocenters. The Bertz CT molecular complexity index is 962. The Hall–Kier alpha value is -3.59. The summed E-state index contributed by atoms with van der Waals surface area (Å²) in [5, 5.41) is 23.5. The number of carbonyl (C=O) groups excluding carboxylic acids is 1. The lowest BCUT2D eigenvalue weighted by Gasteiger charge is -2.13. The zero-order valence-electron chi connectivity index (χ0n) is 15.8. The number of nitriles is 1. The Labute approximate surface area is 170 Å². The van der Waals surface area contributed by atoms with Crippen molar-refractivity contribution in [2.24, 2.45) is 0 Å². The third-order valence-corrected chi connectivity index (χ3v) is 3.95. The predicted molar refractivity (Wildman–Crippen MR) is 103 cm³/mol. The monoisotopic (exact) mass is 419 g/mol. The standard InChI is InChI=1S/C17H17N5O6S/c1-4-27-13(23)9-19-15-14(22(24)25)16(21-17(20-15)29-3)28-12-7-10(8-18)5-6-11(12)26-2/h5-7H,4,9H2,1-3H3,(H,19,20,21). The van der Waals surface area contributed by atoms with Gasteiger partial charge in [-0.25, -0.2) is 0 Å². The minimum atomic E-state index is -0.729. The van der Waals surface area contributed by atoms with Crippen LogP contribution in [0, 0.1) is 21.4 Å². The first-order chi connectivity index (χ1) is 13.9. The molecule has 0 saturated carbocycles. The number of nitrogens with zero attached hydrogens (tertiary/aromatic N) is 4. The Morgan fingerprint density at radius 3 is 2.72 bits per heavy atom. The molecule has 1 aromatic carbocycles. The fraction of sp³-hybridized carbons (Fsp3) is 0.294. The van der Waals surface area contributed by atoms with Crippen molar-refractivity contribution >= 4 is 29.2 Å². The van der Waals surface area contributed by atoms with Crippen LogP contribution in [-0.2, 0) is 9.53 Å². The number of ether oxygens (including phenoxy) is 3. The highest BCUT2D eigenvalue weighted by molar-refractivity contribution is 7.98. The molecule has 1 aromatic heterocycles. The fourth-order valence-electron chi connectivity index (χ4n) is 2.16. The first-order valence-electron chi connectivity index (χ1n) is 8.19. The number of nitrogens with one attached hydrogen (secondary N) is 1. The largest absolute Gasteiger partial charge is 0.493 e. The van der Waals surface area contributed by atoms with Crippen LogP contribution in [-0.4, -0.2) is 47.4 Å². The summed E-state index contributed by atoms with van der Waals surface area (Å²) < 4.78 is 15.6. The third kappa shape index (κ3) is 5.45. The molecule has 0 spiro atoms. The molecule has 0 bridgehead atoms. The number of anilines is 1. The highest BCUT2D eigenvalue weighted by Gasteiger charge is 2.28. The van der Waals surface area contributed by atoms with Gasteiger partial charge in [0.1, 0.15) is 6.54 Å². The van der Waals surface area contributed by atoms with E-state index in [2.05, 4.69) is 15.3 Å². The molecule has 0 unspecified atom stereocenters. The average Bonchev–Trinajstić information content (AvgIpc) is 2.71. The Morgan fingerprint density at radius 1 is 1.38 bits per heavy atom. The van der Waals surface area contributed by atoms with Gasteiger partial charge in [0.25, 0.3) is 0 Å². The molecule has 0 aliphatic carbocycles. The molecule has 2 aromatic rings. The average molecular weight is 419 g/mol. The van der Waals surface area contributed by atoms with Crippen molar-refractivity contribution in [1.29, 1.82) is 5.26 Å². The molecule has 0 aliphatic heterocycles. The number of aromatic nitrogens is 2. The molecule has 152 valence electrons. The summed E-state index contributed by atoms with van der Waals surface area (Å²) in [6.45, 7) is 1.49. The van der Waals surface area contributed by atoms with Gasteiger partial charge in [-0.05, 0) is 25.3 Å². The summed E-state index contributed by atoms with van der Waals surface area (Å²) in [4.78, 5) is 30.7. The molecule has 11 nitrogen and oxygen atoms in total. The van der Waals surface area contributed by atoms with E-state index in [9.17, 15) is 14.9 Å². The smallest absolute Gasteiger partial charge is 0.373 e. The fourth-order valence-corrected chi connectivity index (χ4v) is 2.52. The topological polar surface area (TPSA) is 150 Å². The second kappa shape index (κ2) is 10.1. The summed E-state index contributed by atoms with van der Waals surface area (Å²) >= 11 is 1.13. The maximum absolute atomic E-state index is 11.7. The van der Waals surface area contributed by atoms with E-state index in [1.54, 1.807) is 13.2 Å². The lowest BCUT2D eigenvalue weighted by Crippen LogP contribution is -2.18. The van der Waals surface area contributed by atoms with E-state index in [0.29, 0.717) is 0 Å². The van der Waals surface area contributed by atoms with Crippen LogP contribution in [0.3, 0.4) is 0 Å². The molecule has 0 aliphatic rings. The SMILES string of the molecule is CCOC(=O)CNc1nc(SC)nc(Oc2cc(C#N)ccc2OC)c1[N+](=O)[O-]. The molecule has 1 heterocycles. The number of rotatable bonds is 9. The van der Waals surface area contributed by atoms with Crippen LogP contribution < -0.4 is 14.8 Å². The number of nitro groups is 1. The maximum Gasteiger partial charge on any atom is 0.373 e. The molecule has 0 radical (unpaired) electrons. The lowest BCUT2D eigenvalue weighted by molar-refractivity contribution is -0.385. The molecule has 0 fully saturated rings. The molecule has 2 rings (SSSR count). The summed E-state index contributed by atoms with van der Waals surface area (Å²) in [5.74, 6) is -0.848. The number of esters is 1. The van der Waals surface area contributed by atoms with E-state index in [1.165, 1.54) is 25.3 Å². The van der Waals surface area contributed by atoms with E-state index < -0.39 is 16.6 Å². The second-order valence-electron chi connectivity index (χ2n) is 5.21. The summed E-state index contributed by atoms with van der Waals surface area (Å²) in [6.07, 6.45) is 1.68. The van der Waals surface area contributed by atoms with Crippen LogP contribution in [0.1, 0.15) is 12.5 Å². The van der Waals surface area contributed by atoms with Crippen LogP contribution in [0.2, 0.25) is 0 Å². The van der Waals surface area contributed by atoms with Gasteiger partial charge < -0.3 is 19.5 Å². The lowest BCUT2D eigenvalue weighted by atomic mass is 10.2. The van der Waals surface area contributed by atoms with Crippen molar-refractivity contribution in [3.05, 3.63) is 33.9 Å². The summed E-state index contributed by atoms with van der Waals surface area (Å²) in [5.41, 5.74) is -0.306. The quantitative estimate of drug-likeness (QED) is 0.210. The number of hydrogen-bond acceptors (Lipinski definition) is 11. The zero-order chi connectivity index (χ0) is 21.4. The second-order valence-corrected chi connectivity index (χ2v) is 5.98. The number of hydrogen-bond donors (Lipinski definition) is 1. The minimum Gasteiger partial charge on any atom is -0.493 e. The molecular weight excluding hydrogens is 402 g/mol. The Kier molecular flexibility index (Phi) is 7.55.